The fourth-order valence-corrected chi connectivity index (χ4v) is 2.91. The van der Waals surface area contributed by atoms with Gasteiger partial charge in [0.2, 0.25) is 0 Å². The van der Waals surface area contributed by atoms with Gasteiger partial charge in [-0.15, -0.1) is 23.5 Å². The number of rotatable bonds is 8. The van der Waals surface area contributed by atoms with Gasteiger partial charge >= 0.3 is 0 Å². The first kappa shape index (κ1) is 19.3. The maximum absolute atomic E-state index is 11.9. The highest BCUT2D eigenvalue weighted by atomic mass is 32.2. The fourth-order valence-electron chi connectivity index (χ4n) is 2.10. The van der Waals surface area contributed by atoms with Crippen LogP contribution in [0.25, 0.3) is 12.2 Å². The molecule has 2 aromatic rings. The number of hydrogen-bond donors (Lipinski definition) is 0. The van der Waals surface area contributed by atoms with Crippen LogP contribution in [0.3, 0.4) is 0 Å². The lowest BCUT2D eigenvalue weighted by molar-refractivity contribution is -0.121. The van der Waals surface area contributed by atoms with Crippen molar-refractivity contribution >= 4 is 47.2 Å². The van der Waals surface area contributed by atoms with Gasteiger partial charge in [-0.3, -0.25) is 9.59 Å². The molecule has 0 saturated heterocycles. The first-order chi connectivity index (χ1) is 12.1. The number of benzene rings is 2. The van der Waals surface area contributed by atoms with Crippen LogP contribution in [0.15, 0.2) is 70.5 Å². The minimum absolute atomic E-state index is 0.112. The molecule has 0 heterocycles. The highest BCUT2D eigenvalue weighted by molar-refractivity contribution is 7.98. The van der Waals surface area contributed by atoms with E-state index in [0.717, 1.165) is 11.1 Å². The Bertz CT molecular complexity index is 705. The standard InChI is InChI=1S/C21H20O2S2/c1-24-20-11-5-16(6-12-20)3-9-18(22)15-19(23)10-4-17-7-13-21(25-2)14-8-17/h3-14H,15H2,1-2H3/b9-3+,10-4+. The van der Waals surface area contributed by atoms with Crippen LogP contribution >= 0.6 is 23.5 Å². The van der Waals surface area contributed by atoms with Gasteiger partial charge in [0.15, 0.2) is 11.6 Å². The largest absolute Gasteiger partial charge is 0.294 e. The van der Waals surface area contributed by atoms with Crippen LogP contribution in [0.5, 0.6) is 0 Å². The molecular weight excluding hydrogens is 348 g/mol. The molecule has 0 N–H and O–H groups in total. The second-order valence-electron chi connectivity index (χ2n) is 5.32. The van der Waals surface area contributed by atoms with E-state index in [9.17, 15) is 9.59 Å². The van der Waals surface area contributed by atoms with Gasteiger partial charge in [-0.05, 0) is 60.1 Å². The monoisotopic (exact) mass is 368 g/mol. The van der Waals surface area contributed by atoms with Crippen LogP contribution in [-0.2, 0) is 9.59 Å². The van der Waals surface area contributed by atoms with E-state index in [-0.39, 0.29) is 18.0 Å². The van der Waals surface area contributed by atoms with Crippen molar-refractivity contribution < 1.29 is 9.59 Å². The Balaban J connectivity index is 1.86. The molecule has 0 bridgehead atoms. The second-order valence-corrected chi connectivity index (χ2v) is 7.08. The molecule has 0 amide bonds. The normalized spacial score (nSPS) is 11.3. The zero-order valence-electron chi connectivity index (χ0n) is 14.3. The van der Waals surface area contributed by atoms with E-state index in [0.29, 0.717) is 0 Å². The molecule has 4 heteroatoms. The van der Waals surface area contributed by atoms with Gasteiger partial charge < -0.3 is 0 Å². The molecule has 2 aromatic carbocycles. The summed E-state index contributed by atoms with van der Waals surface area (Å²) in [5, 5.41) is 0. The van der Waals surface area contributed by atoms with Gasteiger partial charge in [-0.1, -0.05) is 36.4 Å². The predicted molar refractivity (Wildman–Crippen MR) is 109 cm³/mol. The summed E-state index contributed by atoms with van der Waals surface area (Å²) in [4.78, 5) is 26.1. The molecule has 0 atom stereocenters. The average molecular weight is 369 g/mol. The molecule has 0 radical (unpaired) electrons. The third kappa shape index (κ3) is 6.77. The molecule has 0 saturated carbocycles. The Kier molecular flexibility index (Phi) is 7.76. The van der Waals surface area contributed by atoms with Crippen molar-refractivity contribution in [3.63, 3.8) is 0 Å². The van der Waals surface area contributed by atoms with E-state index in [1.807, 2.05) is 61.0 Å². The third-order valence-corrected chi connectivity index (χ3v) is 4.99. The van der Waals surface area contributed by atoms with E-state index in [4.69, 9.17) is 0 Å². The molecule has 0 unspecified atom stereocenters. The maximum Gasteiger partial charge on any atom is 0.163 e. The van der Waals surface area contributed by atoms with Gasteiger partial charge in [0, 0.05) is 9.79 Å². The number of ketones is 2. The molecule has 25 heavy (non-hydrogen) atoms. The maximum atomic E-state index is 11.9. The summed E-state index contributed by atoms with van der Waals surface area (Å²) in [7, 11) is 0. The van der Waals surface area contributed by atoms with Crippen molar-refractivity contribution in [2.45, 2.75) is 16.2 Å². The van der Waals surface area contributed by atoms with E-state index in [2.05, 4.69) is 0 Å². The predicted octanol–water partition coefficient (Wildman–Crippen LogP) is 5.39. The molecule has 0 aliphatic rings. The number of allylic oxidation sites excluding steroid dienone is 2. The van der Waals surface area contributed by atoms with Gasteiger partial charge in [0.05, 0.1) is 6.42 Å². The summed E-state index contributed by atoms with van der Waals surface area (Å²) >= 11 is 3.34. The summed E-state index contributed by atoms with van der Waals surface area (Å²) in [6.45, 7) is 0. The molecule has 2 nitrogen and oxygen atoms in total. The quantitative estimate of drug-likeness (QED) is 0.356. The topological polar surface area (TPSA) is 34.1 Å². The van der Waals surface area contributed by atoms with Crippen molar-refractivity contribution in [2.24, 2.45) is 0 Å². The van der Waals surface area contributed by atoms with Gasteiger partial charge in [0.25, 0.3) is 0 Å². The number of carbonyl (C=O) groups excluding carboxylic acids is 2. The summed E-state index contributed by atoms with van der Waals surface area (Å²) in [5.74, 6) is -0.386. The zero-order chi connectivity index (χ0) is 18.1. The first-order valence-corrected chi connectivity index (χ1v) is 10.3. The fraction of sp³-hybridized carbons (Fsp3) is 0.143. The average Bonchev–Trinajstić information content (AvgIpc) is 2.65. The van der Waals surface area contributed by atoms with Crippen molar-refractivity contribution in [2.75, 3.05) is 12.5 Å². The lowest BCUT2D eigenvalue weighted by Gasteiger charge is -1.97. The van der Waals surface area contributed by atoms with Crippen molar-refractivity contribution in [1.82, 2.24) is 0 Å². The van der Waals surface area contributed by atoms with Crippen LogP contribution in [0.2, 0.25) is 0 Å². The van der Waals surface area contributed by atoms with Crippen LogP contribution in [0, 0.1) is 0 Å². The summed E-state index contributed by atoms with van der Waals surface area (Å²) in [6.07, 6.45) is 10.3. The Morgan fingerprint density at radius 1 is 0.720 bits per heavy atom. The zero-order valence-corrected chi connectivity index (χ0v) is 15.9. The molecule has 2 rings (SSSR count). The van der Waals surface area contributed by atoms with Crippen molar-refractivity contribution in [3.8, 4) is 0 Å². The Labute approximate surface area is 157 Å². The summed E-state index contributed by atoms with van der Waals surface area (Å²) in [6, 6.07) is 15.8. The minimum atomic E-state index is -0.193. The lowest BCUT2D eigenvalue weighted by Crippen LogP contribution is -2.01. The lowest BCUT2D eigenvalue weighted by atomic mass is 10.1. The van der Waals surface area contributed by atoms with E-state index in [1.165, 1.54) is 21.9 Å². The smallest absolute Gasteiger partial charge is 0.163 e. The van der Waals surface area contributed by atoms with E-state index < -0.39 is 0 Å². The number of carbonyl (C=O) groups is 2. The van der Waals surface area contributed by atoms with Crippen LogP contribution < -0.4 is 0 Å². The Hall–Kier alpha value is -2.04. The van der Waals surface area contributed by atoms with Gasteiger partial charge in [-0.25, -0.2) is 0 Å². The molecule has 0 aliphatic carbocycles. The van der Waals surface area contributed by atoms with Crippen LogP contribution in [0.1, 0.15) is 17.5 Å². The highest BCUT2D eigenvalue weighted by Crippen LogP contribution is 2.16. The number of hydrogen-bond acceptors (Lipinski definition) is 4. The molecule has 0 spiro atoms. The molecule has 128 valence electrons. The minimum Gasteiger partial charge on any atom is -0.294 e. The van der Waals surface area contributed by atoms with Gasteiger partial charge in [0.1, 0.15) is 0 Å². The summed E-state index contributed by atoms with van der Waals surface area (Å²) in [5.41, 5.74) is 1.89. The third-order valence-electron chi connectivity index (χ3n) is 3.50. The molecule has 0 aromatic heterocycles. The summed E-state index contributed by atoms with van der Waals surface area (Å²) < 4.78 is 0. The molecular formula is C21H20O2S2. The SMILES string of the molecule is CSc1ccc(/C=C/C(=O)CC(=O)/C=C/c2ccc(SC)cc2)cc1. The van der Waals surface area contributed by atoms with Crippen LogP contribution in [0.4, 0.5) is 0 Å². The van der Waals surface area contributed by atoms with Gasteiger partial charge in [-0.2, -0.15) is 0 Å². The van der Waals surface area contributed by atoms with Crippen molar-refractivity contribution in [3.05, 3.63) is 71.8 Å². The Morgan fingerprint density at radius 3 is 1.40 bits per heavy atom. The molecule has 0 fully saturated rings. The number of thioether (sulfide) groups is 2. The highest BCUT2D eigenvalue weighted by Gasteiger charge is 2.03. The Morgan fingerprint density at radius 2 is 1.08 bits per heavy atom. The second kappa shape index (κ2) is 10.1. The molecule has 0 aliphatic heterocycles. The van der Waals surface area contributed by atoms with Crippen LogP contribution in [-0.4, -0.2) is 24.1 Å². The van der Waals surface area contributed by atoms with E-state index in [1.54, 1.807) is 35.7 Å². The first-order valence-electron chi connectivity index (χ1n) is 7.80. The van der Waals surface area contributed by atoms with Crippen molar-refractivity contribution in [1.29, 1.82) is 0 Å². The van der Waals surface area contributed by atoms with E-state index >= 15 is 0 Å².